The van der Waals surface area contributed by atoms with Crippen LogP contribution < -0.4 is 24.3 Å². The molecule has 164 valence electrons. The minimum Gasteiger partial charge on any atom is -0.493 e. The van der Waals surface area contributed by atoms with Gasteiger partial charge in [0.05, 0.1) is 25.2 Å². The number of nitro groups is 1. The molecule has 1 atom stereocenters. The molecule has 0 radical (unpaired) electrons. The normalized spacial score (nSPS) is 13.0. The van der Waals surface area contributed by atoms with Crippen molar-refractivity contribution < 1.29 is 38.2 Å². The van der Waals surface area contributed by atoms with Crippen LogP contribution in [0.2, 0.25) is 0 Å². The molecular formula is C20H20N2O9. The lowest BCUT2D eigenvalue weighted by atomic mass is 10.1. The zero-order valence-electron chi connectivity index (χ0n) is 17.0. The Kier molecular flexibility index (Phi) is 6.43. The van der Waals surface area contributed by atoms with Crippen LogP contribution in [-0.4, -0.2) is 50.3 Å². The molecule has 0 aliphatic carbocycles. The molecule has 0 aromatic heterocycles. The average Bonchev–Trinajstić information content (AvgIpc) is 2.77. The van der Waals surface area contributed by atoms with E-state index in [1.54, 1.807) is 18.2 Å². The Morgan fingerprint density at radius 2 is 1.71 bits per heavy atom. The molecule has 2 aromatic rings. The number of carbonyl (C=O) groups excluding carboxylic acids is 2. The van der Waals surface area contributed by atoms with E-state index < -0.39 is 28.6 Å². The first-order valence-corrected chi connectivity index (χ1v) is 9.16. The molecule has 1 amide bonds. The zero-order valence-corrected chi connectivity index (χ0v) is 17.0. The van der Waals surface area contributed by atoms with E-state index in [0.717, 1.165) is 12.1 Å². The molecule has 0 bridgehead atoms. The quantitative estimate of drug-likeness (QED) is 0.398. The van der Waals surface area contributed by atoms with Gasteiger partial charge in [0.1, 0.15) is 18.8 Å². The van der Waals surface area contributed by atoms with E-state index >= 15 is 0 Å². The van der Waals surface area contributed by atoms with Gasteiger partial charge in [0.15, 0.2) is 29.1 Å². The number of nitrogens with one attached hydrogen (secondary N) is 1. The van der Waals surface area contributed by atoms with Gasteiger partial charge in [-0.1, -0.05) is 0 Å². The highest BCUT2D eigenvalue weighted by molar-refractivity contribution is 5.99. The van der Waals surface area contributed by atoms with Crippen molar-refractivity contribution >= 4 is 23.3 Å². The average molecular weight is 432 g/mol. The topological polar surface area (TPSA) is 135 Å². The van der Waals surface area contributed by atoms with Gasteiger partial charge >= 0.3 is 5.97 Å². The Labute approximate surface area is 176 Å². The van der Waals surface area contributed by atoms with E-state index in [2.05, 4.69) is 5.32 Å². The van der Waals surface area contributed by atoms with Crippen LogP contribution in [0.5, 0.6) is 23.0 Å². The van der Waals surface area contributed by atoms with Gasteiger partial charge in [-0.25, -0.2) is 4.79 Å². The molecule has 0 saturated heterocycles. The van der Waals surface area contributed by atoms with Crippen LogP contribution in [-0.2, 0) is 9.53 Å². The minimum atomic E-state index is -1.24. The molecule has 0 fully saturated rings. The molecule has 11 nitrogen and oxygen atoms in total. The maximum atomic E-state index is 12.6. The number of benzene rings is 2. The van der Waals surface area contributed by atoms with Crippen LogP contribution in [0.3, 0.4) is 0 Å². The first-order chi connectivity index (χ1) is 14.8. The van der Waals surface area contributed by atoms with Crippen molar-refractivity contribution in [3.63, 3.8) is 0 Å². The molecule has 1 heterocycles. The van der Waals surface area contributed by atoms with E-state index in [0.29, 0.717) is 30.4 Å². The van der Waals surface area contributed by atoms with Crippen LogP contribution in [0.4, 0.5) is 11.4 Å². The maximum Gasteiger partial charge on any atom is 0.346 e. The fourth-order valence-corrected chi connectivity index (χ4v) is 2.83. The van der Waals surface area contributed by atoms with Gasteiger partial charge in [0, 0.05) is 17.8 Å². The second kappa shape index (κ2) is 9.20. The van der Waals surface area contributed by atoms with Crippen LogP contribution in [0.15, 0.2) is 30.3 Å². The molecule has 31 heavy (non-hydrogen) atoms. The summed E-state index contributed by atoms with van der Waals surface area (Å²) < 4.78 is 26.1. The van der Waals surface area contributed by atoms with Crippen molar-refractivity contribution in [1.82, 2.24) is 0 Å². The van der Waals surface area contributed by atoms with Crippen molar-refractivity contribution in [2.75, 3.05) is 32.8 Å². The summed E-state index contributed by atoms with van der Waals surface area (Å²) in [6.45, 7) is 2.17. The van der Waals surface area contributed by atoms with E-state index in [9.17, 15) is 19.7 Å². The largest absolute Gasteiger partial charge is 0.493 e. The third kappa shape index (κ3) is 4.77. The molecule has 1 N–H and O–H groups in total. The molecule has 1 aliphatic rings. The summed E-state index contributed by atoms with van der Waals surface area (Å²) in [6.07, 6.45) is -1.24. The number of fused-ring (bicyclic) bond motifs is 1. The van der Waals surface area contributed by atoms with Gasteiger partial charge in [-0.2, -0.15) is 0 Å². The summed E-state index contributed by atoms with van der Waals surface area (Å²) >= 11 is 0. The summed E-state index contributed by atoms with van der Waals surface area (Å²) in [4.78, 5) is 35.6. The predicted molar refractivity (Wildman–Crippen MR) is 107 cm³/mol. The summed E-state index contributed by atoms with van der Waals surface area (Å²) in [6, 6.07) is 7.02. The van der Waals surface area contributed by atoms with Crippen molar-refractivity contribution in [3.8, 4) is 23.0 Å². The van der Waals surface area contributed by atoms with Crippen LogP contribution in [0.1, 0.15) is 17.3 Å². The fraction of sp³-hybridized carbons (Fsp3) is 0.300. The third-order valence-electron chi connectivity index (χ3n) is 4.38. The van der Waals surface area contributed by atoms with Gasteiger partial charge < -0.3 is 29.0 Å². The number of esters is 1. The molecule has 3 rings (SSSR count). The maximum absolute atomic E-state index is 12.6. The number of rotatable bonds is 7. The number of carbonyl (C=O) groups is 2. The van der Waals surface area contributed by atoms with Crippen molar-refractivity contribution in [2.24, 2.45) is 0 Å². The Morgan fingerprint density at radius 1 is 1.06 bits per heavy atom. The highest BCUT2D eigenvalue weighted by Gasteiger charge is 2.28. The molecular weight excluding hydrogens is 412 g/mol. The molecule has 1 aliphatic heterocycles. The number of ether oxygens (including phenoxy) is 5. The lowest BCUT2D eigenvalue weighted by molar-refractivity contribution is -0.385. The summed E-state index contributed by atoms with van der Waals surface area (Å²) in [5.74, 6) is -0.464. The Bertz CT molecular complexity index is 1020. The van der Waals surface area contributed by atoms with Crippen molar-refractivity contribution in [3.05, 3.63) is 46.0 Å². The lowest BCUT2D eigenvalue weighted by Gasteiger charge is -2.19. The first kappa shape index (κ1) is 21.7. The number of methoxy groups -OCH3 is 2. The van der Waals surface area contributed by atoms with Gasteiger partial charge in [-0.05, 0) is 19.1 Å². The number of nitro benzene ring substituents is 1. The summed E-state index contributed by atoms with van der Waals surface area (Å²) in [5.41, 5.74) is -0.502. The zero-order chi connectivity index (χ0) is 22.5. The molecule has 0 saturated carbocycles. The number of hydrogen-bond acceptors (Lipinski definition) is 9. The number of amides is 1. The molecule has 11 heteroatoms. The SMILES string of the molecule is COc1cc(C(=O)OC(C)C(=O)Nc2ccc3c(c2)OCCO3)c([N+](=O)[O-])cc1OC. The first-order valence-electron chi connectivity index (χ1n) is 9.16. The number of nitrogens with zero attached hydrogens (tertiary/aromatic N) is 1. The van der Waals surface area contributed by atoms with Crippen LogP contribution in [0, 0.1) is 10.1 Å². The number of anilines is 1. The lowest BCUT2D eigenvalue weighted by Crippen LogP contribution is -2.30. The molecule has 1 unspecified atom stereocenters. The minimum absolute atomic E-state index is 0.0788. The van der Waals surface area contributed by atoms with Gasteiger partial charge in [-0.15, -0.1) is 0 Å². The van der Waals surface area contributed by atoms with E-state index in [1.807, 2.05) is 0 Å². The van der Waals surface area contributed by atoms with Gasteiger partial charge in [0.25, 0.3) is 11.6 Å². The summed E-state index contributed by atoms with van der Waals surface area (Å²) in [5, 5.41) is 14.0. The second-order valence-electron chi connectivity index (χ2n) is 6.38. The summed E-state index contributed by atoms with van der Waals surface area (Å²) in [7, 11) is 2.63. The van der Waals surface area contributed by atoms with Crippen molar-refractivity contribution in [1.29, 1.82) is 0 Å². The van der Waals surface area contributed by atoms with Crippen molar-refractivity contribution in [2.45, 2.75) is 13.0 Å². The van der Waals surface area contributed by atoms with E-state index in [4.69, 9.17) is 23.7 Å². The monoisotopic (exact) mass is 432 g/mol. The predicted octanol–water partition coefficient (Wildman–Crippen LogP) is 2.57. The Hall–Kier alpha value is -4.02. The Morgan fingerprint density at radius 3 is 2.35 bits per heavy atom. The highest BCUT2D eigenvalue weighted by atomic mass is 16.6. The molecule has 2 aromatic carbocycles. The van der Waals surface area contributed by atoms with Crippen LogP contribution in [0.25, 0.3) is 0 Å². The van der Waals surface area contributed by atoms with Crippen LogP contribution >= 0.6 is 0 Å². The van der Waals surface area contributed by atoms with E-state index in [1.165, 1.54) is 21.1 Å². The van der Waals surface area contributed by atoms with Gasteiger partial charge in [0.2, 0.25) is 0 Å². The van der Waals surface area contributed by atoms with E-state index in [-0.39, 0.29) is 17.1 Å². The Balaban J connectivity index is 1.74. The van der Waals surface area contributed by atoms with Gasteiger partial charge in [-0.3, -0.25) is 14.9 Å². The third-order valence-corrected chi connectivity index (χ3v) is 4.38. The standard InChI is InChI=1S/C20H20N2O9/c1-11(19(23)21-12-4-5-15-18(8-12)30-7-6-29-15)31-20(24)13-9-16(27-2)17(28-3)10-14(13)22(25)26/h4-5,8-11H,6-7H2,1-3H3,(H,21,23). The molecule has 0 spiro atoms. The smallest absolute Gasteiger partial charge is 0.346 e. The number of hydrogen-bond donors (Lipinski definition) is 1. The fourth-order valence-electron chi connectivity index (χ4n) is 2.83. The highest BCUT2D eigenvalue weighted by Crippen LogP contribution is 2.35. The second-order valence-corrected chi connectivity index (χ2v) is 6.38.